The molecule has 0 aliphatic carbocycles. The number of halogens is 1. The smallest absolute Gasteiger partial charge is 0.239 e. The van der Waals surface area contributed by atoms with Crippen LogP contribution in [0.15, 0.2) is 30.3 Å². The van der Waals surface area contributed by atoms with E-state index in [1.54, 1.807) is 0 Å². The van der Waals surface area contributed by atoms with Crippen molar-refractivity contribution in [3.05, 3.63) is 35.9 Å². The summed E-state index contributed by atoms with van der Waals surface area (Å²) in [5.74, 6) is -0.536. The van der Waals surface area contributed by atoms with Crippen molar-refractivity contribution < 1.29 is 9.59 Å². The monoisotopic (exact) mass is 299 g/mol. The molecule has 0 aromatic heterocycles. The Kier molecular flexibility index (Phi) is 9.41. The summed E-state index contributed by atoms with van der Waals surface area (Å²) in [4.78, 5) is 22.7. The number of rotatable bonds is 7. The van der Waals surface area contributed by atoms with E-state index < -0.39 is 0 Å². The normalized spacial score (nSPS) is 11.1. The molecule has 1 aromatic carbocycles. The fourth-order valence-corrected chi connectivity index (χ4v) is 1.79. The number of benzene rings is 1. The molecule has 0 aliphatic heterocycles. The number of amides is 2. The summed E-state index contributed by atoms with van der Waals surface area (Å²) in [6, 6.07) is 9.78. The molecule has 0 saturated carbocycles. The van der Waals surface area contributed by atoms with Gasteiger partial charge in [-0.25, -0.2) is 0 Å². The van der Waals surface area contributed by atoms with Gasteiger partial charge in [-0.2, -0.15) is 0 Å². The van der Waals surface area contributed by atoms with Crippen molar-refractivity contribution in [2.75, 3.05) is 13.1 Å². The molecule has 0 aliphatic rings. The summed E-state index contributed by atoms with van der Waals surface area (Å²) in [6.07, 6.45) is 1.83. The molecule has 20 heavy (non-hydrogen) atoms. The van der Waals surface area contributed by atoms with Crippen LogP contribution >= 0.6 is 12.4 Å². The number of nitrogens with two attached hydrogens (primary N) is 1. The lowest BCUT2D eigenvalue weighted by Gasteiger charge is -2.18. The Hall–Kier alpha value is -1.59. The predicted octanol–water partition coefficient (Wildman–Crippen LogP) is 1.14. The van der Waals surface area contributed by atoms with Crippen LogP contribution in [0.4, 0.5) is 0 Å². The largest absolute Gasteiger partial charge is 0.348 e. The minimum Gasteiger partial charge on any atom is -0.348 e. The average Bonchev–Trinajstić information content (AvgIpc) is 2.45. The van der Waals surface area contributed by atoms with E-state index in [0.717, 1.165) is 18.4 Å². The standard InChI is InChI=1S/C14H21N3O2.ClH/c1-2-6-12(11-7-4-3-5-8-11)17-14(19)10-16-13(18)9-15;/h3-5,7-8,12H,2,6,9-10,15H2,1H3,(H,16,18)(H,17,19);1H. The highest BCUT2D eigenvalue weighted by molar-refractivity contribution is 5.85. The van der Waals surface area contributed by atoms with Gasteiger partial charge >= 0.3 is 0 Å². The van der Waals surface area contributed by atoms with Crippen LogP contribution in [-0.4, -0.2) is 24.9 Å². The molecule has 0 spiro atoms. The van der Waals surface area contributed by atoms with Gasteiger partial charge in [0.25, 0.3) is 0 Å². The van der Waals surface area contributed by atoms with Crippen molar-refractivity contribution in [2.24, 2.45) is 5.73 Å². The van der Waals surface area contributed by atoms with Crippen molar-refractivity contribution in [1.82, 2.24) is 10.6 Å². The molecular formula is C14H22ClN3O2. The summed E-state index contributed by atoms with van der Waals surface area (Å²) in [7, 11) is 0. The molecule has 0 radical (unpaired) electrons. The lowest BCUT2D eigenvalue weighted by Crippen LogP contribution is -2.40. The highest BCUT2D eigenvalue weighted by Crippen LogP contribution is 2.17. The molecule has 0 heterocycles. The minimum atomic E-state index is -0.332. The first-order valence-electron chi connectivity index (χ1n) is 6.48. The van der Waals surface area contributed by atoms with Gasteiger partial charge in [0.2, 0.25) is 11.8 Å². The Morgan fingerprint density at radius 2 is 1.85 bits per heavy atom. The quantitative estimate of drug-likeness (QED) is 0.706. The lowest BCUT2D eigenvalue weighted by atomic mass is 10.0. The average molecular weight is 300 g/mol. The number of carbonyl (C=O) groups is 2. The van der Waals surface area contributed by atoms with E-state index in [9.17, 15) is 9.59 Å². The third kappa shape index (κ3) is 6.54. The van der Waals surface area contributed by atoms with E-state index in [1.807, 2.05) is 30.3 Å². The minimum absolute atomic E-state index is 0. The van der Waals surface area contributed by atoms with Crippen LogP contribution in [-0.2, 0) is 9.59 Å². The Bertz CT molecular complexity index is 412. The van der Waals surface area contributed by atoms with Gasteiger partial charge in [0.1, 0.15) is 0 Å². The van der Waals surface area contributed by atoms with Crippen LogP contribution in [0.25, 0.3) is 0 Å². The number of carbonyl (C=O) groups excluding carboxylic acids is 2. The molecule has 6 heteroatoms. The maximum absolute atomic E-state index is 11.8. The van der Waals surface area contributed by atoms with Crippen molar-refractivity contribution in [1.29, 1.82) is 0 Å². The molecule has 1 rings (SSSR count). The zero-order valence-corrected chi connectivity index (χ0v) is 12.4. The first-order chi connectivity index (χ1) is 9.17. The van der Waals surface area contributed by atoms with Crippen molar-refractivity contribution in [3.8, 4) is 0 Å². The molecule has 5 nitrogen and oxygen atoms in total. The number of hydrogen-bond donors (Lipinski definition) is 3. The molecule has 1 aromatic rings. The third-order valence-electron chi connectivity index (χ3n) is 2.75. The second-order valence-electron chi connectivity index (χ2n) is 4.30. The van der Waals surface area contributed by atoms with E-state index in [-0.39, 0.29) is 43.4 Å². The molecule has 1 unspecified atom stereocenters. The Labute approximate surface area is 125 Å². The van der Waals surface area contributed by atoms with Crippen LogP contribution in [0.5, 0.6) is 0 Å². The second-order valence-corrected chi connectivity index (χ2v) is 4.30. The van der Waals surface area contributed by atoms with Gasteiger partial charge in [0.05, 0.1) is 19.1 Å². The van der Waals surface area contributed by atoms with E-state index in [1.165, 1.54) is 0 Å². The SMILES string of the molecule is CCCC(NC(=O)CNC(=O)CN)c1ccccc1.Cl. The van der Waals surface area contributed by atoms with Crippen molar-refractivity contribution >= 4 is 24.2 Å². The van der Waals surface area contributed by atoms with Crippen LogP contribution in [0, 0.1) is 0 Å². The van der Waals surface area contributed by atoms with E-state index >= 15 is 0 Å². The maximum Gasteiger partial charge on any atom is 0.239 e. The Morgan fingerprint density at radius 1 is 1.20 bits per heavy atom. The number of hydrogen-bond acceptors (Lipinski definition) is 3. The molecule has 0 saturated heterocycles. The van der Waals surface area contributed by atoms with E-state index in [2.05, 4.69) is 17.6 Å². The molecule has 4 N–H and O–H groups in total. The Balaban J connectivity index is 0.00000361. The molecule has 0 bridgehead atoms. The zero-order chi connectivity index (χ0) is 14.1. The van der Waals surface area contributed by atoms with Crippen LogP contribution in [0.2, 0.25) is 0 Å². The summed E-state index contributed by atoms with van der Waals surface area (Å²) in [6.45, 7) is 1.92. The van der Waals surface area contributed by atoms with Crippen molar-refractivity contribution in [2.45, 2.75) is 25.8 Å². The molecule has 112 valence electrons. The first-order valence-corrected chi connectivity index (χ1v) is 6.48. The zero-order valence-electron chi connectivity index (χ0n) is 11.6. The summed E-state index contributed by atoms with van der Waals surface area (Å²) in [5.41, 5.74) is 6.23. The van der Waals surface area contributed by atoms with Crippen LogP contribution in [0.3, 0.4) is 0 Å². The van der Waals surface area contributed by atoms with E-state index in [4.69, 9.17) is 5.73 Å². The summed E-state index contributed by atoms with van der Waals surface area (Å²) in [5, 5.41) is 5.37. The highest BCUT2D eigenvalue weighted by atomic mass is 35.5. The highest BCUT2D eigenvalue weighted by Gasteiger charge is 2.13. The summed E-state index contributed by atoms with van der Waals surface area (Å²) >= 11 is 0. The Morgan fingerprint density at radius 3 is 2.40 bits per heavy atom. The molecule has 1 atom stereocenters. The predicted molar refractivity (Wildman–Crippen MR) is 81.5 cm³/mol. The maximum atomic E-state index is 11.8. The van der Waals surface area contributed by atoms with Gasteiger partial charge in [0.15, 0.2) is 0 Å². The fourth-order valence-electron chi connectivity index (χ4n) is 1.79. The topological polar surface area (TPSA) is 84.2 Å². The molecule has 0 fully saturated rings. The summed E-state index contributed by atoms with van der Waals surface area (Å²) < 4.78 is 0. The molecule has 2 amide bonds. The second kappa shape index (κ2) is 10.2. The van der Waals surface area contributed by atoms with Gasteiger partial charge in [-0.1, -0.05) is 43.7 Å². The first kappa shape index (κ1) is 18.4. The van der Waals surface area contributed by atoms with Gasteiger partial charge in [-0.3, -0.25) is 9.59 Å². The van der Waals surface area contributed by atoms with Crippen LogP contribution in [0.1, 0.15) is 31.4 Å². The molecular weight excluding hydrogens is 278 g/mol. The number of nitrogens with one attached hydrogen (secondary N) is 2. The fraction of sp³-hybridized carbons (Fsp3) is 0.429. The van der Waals surface area contributed by atoms with Crippen LogP contribution < -0.4 is 16.4 Å². The third-order valence-corrected chi connectivity index (χ3v) is 2.75. The van der Waals surface area contributed by atoms with Gasteiger partial charge in [0, 0.05) is 0 Å². The lowest BCUT2D eigenvalue weighted by molar-refractivity contribution is -0.125. The van der Waals surface area contributed by atoms with Gasteiger partial charge < -0.3 is 16.4 Å². The van der Waals surface area contributed by atoms with Gasteiger partial charge in [-0.05, 0) is 12.0 Å². The van der Waals surface area contributed by atoms with E-state index in [0.29, 0.717) is 0 Å². The van der Waals surface area contributed by atoms with Gasteiger partial charge in [-0.15, -0.1) is 12.4 Å². The van der Waals surface area contributed by atoms with Crippen molar-refractivity contribution in [3.63, 3.8) is 0 Å².